The van der Waals surface area contributed by atoms with Crippen LogP contribution < -0.4 is 9.47 Å². The molecule has 3 rings (SSSR count). The van der Waals surface area contributed by atoms with Crippen LogP contribution in [0.4, 0.5) is 0 Å². The van der Waals surface area contributed by atoms with Crippen molar-refractivity contribution in [3.05, 3.63) is 59.8 Å². The number of methoxy groups -OCH3 is 2. The fraction of sp³-hybridized carbons (Fsp3) is 0.158. The van der Waals surface area contributed by atoms with Gasteiger partial charge in [0, 0.05) is 17.0 Å². The Labute approximate surface area is 144 Å². The summed E-state index contributed by atoms with van der Waals surface area (Å²) in [4.78, 5) is 27.4. The molecule has 0 aliphatic heterocycles. The van der Waals surface area contributed by atoms with E-state index in [0.29, 0.717) is 22.8 Å². The fourth-order valence-electron chi connectivity index (χ4n) is 2.50. The van der Waals surface area contributed by atoms with Crippen LogP contribution >= 0.6 is 0 Å². The molecule has 0 radical (unpaired) electrons. The third kappa shape index (κ3) is 3.47. The molecule has 2 aromatic carbocycles. The topological polar surface area (TPSA) is 77.6 Å². The molecule has 1 N–H and O–H groups in total. The predicted octanol–water partition coefficient (Wildman–Crippen LogP) is 3.22. The lowest BCUT2D eigenvalue weighted by Crippen LogP contribution is -2.15. The van der Waals surface area contributed by atoms with Crippen LogP contribution in [-0.2, 0) is 4.74 Å². The van der Waals surface area contributed by atoms with Gasteiger partial charge in [-0.3, -0.25) is 4.79 Å². The SMILES string of the molecule is COc1ccc(C(=O)COC(=O)c2cc3ccccc3[nH]2)c(OC)c1. The molecule has 128 valence electrons. The van der Waals surface area contributed by atoms with Gasteiger partial charge in [0.1, 0.15) is 17.2 Å². The van der Waals surface area contributed by atoms with Crippen molar-refractivity contribution in [3.8, 4) is 11.5 Å². The minimum Gasteiger partial charge on any atom is -0.497 e. The Balaban J connectivity index is 1.70. The largest absolute Gasteiger partial charge is 0.497 e. The van der Waals surface area contributed by atoms with Crippen molar-refractivity contribution in [2.45, 2.75) is 0 Å². The van der Waals surface area contributed by atoms with Gasteiger partial charge in [0.2, 0.25) is 5.78 Å². The number of esters is 1. The highest BCUT2D eigenvalue weighted by Crippen LogP contribution is 2.25. The number of ketones is 1. The van der Waals surface area contributed by atoms with E-state index < -0.39 is 5.97 Å². The molecule has 6 nitrogen and oxygen atoms in total. The van der Waals surface area contributed by atoms with Crippen molar-refractivity contribution in [1.29, 1.82) is 0 Å². The van der Waals surface area contributed by atoms with Crippen molar-refractivity contribution in [2.75, 3.05) is 20.8 Å². The van der Waals surface area contributed by atoms with Crippen LogP contribution in [-0.4, -0.2) is 37.6 Å². The molecular weight excluding hydrogens is 322 g/mol. The van der Waals surface area contributed by atoms with Gasteiger partial charge >= 0.3 is 5.97 Å². The normalized spacial score (nSPS) is 10.5. The summed E-state index contributed by atoms with van der Waals surface area (Å²) in [6, 6.07) is 14.0. The zero-order valence-electron chi connectivity index (χ0n) is 13.9. The summed E-state index contributed by atoms with van der Waals surface area (Å²) in [7, 11) is 2.99. The zero-order chi connectivity index (χ0) is 17.8. The summed E-state index contributed by atoms with van der Waals surface area (Å²) < 4.78 is 15.4. The first-order valence-electron chi connectivity index (χ1n) is 7.62. The summed E-state index contributed by atoms with van der Waals surface area (Å²) in [5.41, 5.74) is 1.46. The van der Waals surface area contributed by atoms with Crippen molar-refractivity contribution < 1.29 is 23.8 Å². The highest BCUT2D eigenvalue weighted by atomic mass is 16.5. The lowest BCUT2D eigenvalue weighted by atomic mass is 10.1. The number of para-hydroxylation sites is 1. The number of carbonyl (C=O) groups is 2. The van der Waals surface area contributed by atoms with Gasteiger partial charge in [0.05, 0.1) is 19.8 Å². The van der Waals surface area contributed by atoms with Crippen LogP contribution in [0.2, 0.25) is 0 Å². The van der Waals surface area contributed by atoms with Crippen LogP contribution in [0.25, 0.3) is 10.9 Å². The quantitative estimate of drug-likeness (QED) is 0.551. The van der Waals surface area contributed by atoms with Crippen molar-refractivity contribution in [2.24, 2.45) is 0 Å². The molecule has 0 bridgehead atoms. The molecule has 3 aromatic rings. The molecule has 0 atom stereocenters. The molecule has 0 unspecified atom stereocenters. The second-order valence-corrected chi connectivity index (χ2v) is 5.34. The van der Waals surface area contributed by atoms with Gasteiger partial charge in [-0.25, -0.2) is 4.79 Å². The smallest absolute Gasteiger partial charge is 0.355 e. The van der Waals surface area contributed by atoms with Crippen LogP contribution in [0.3, 0.4) is 0 Å². The maximum Gasteiger partial charge on any atom is 0.355 e. The average molecular weight is 339 g/mol. The molecule has 0 aliphatic carbocycles. The number of aromatic nitrogens is 1. The van der Waals surface area contributed by atoms with Crippen LogP contribution in [0.15, 0.2) is 48.5 Å². The van der Waals surface area contributed by atoms with E-state index in [0.717, 1.165) is 10.9 Å². The number of fused-ring (bicyclic) bond motifs is 1. The van der Waals surface area contributed by atoms with E-state index in [4.69, 9.17) is 14.2 Å². The number of Topliss-reactive ketones (excluding diaryl/α,β-unsaturated/α-hetero) is 1. The second-order valence-electron chi connectivity index (χ2n) is 5.34. The Morgan fingerprint density at radius 2 is 1.80 bits per heavy atom. The molecule has 1 aromatic heterocycles. The van der Waals surface area contributed by atoms with E-state index in [1.807, 2.05) is 24.3 Å². The average Bonchev–Trinajstić information content (AvgIpc) is 3.09. The molecule has 0 saturated carbocycles. The second kappa shape index (κ2) is 7.09. The third-order valence-electron chi connectivity index (χ3n) is 3.79. The summed E-state index contributed by atoms with van der Waals surface area (Å²) in [5, 5.41) is 0.901. The summed E-state index contributed by atoms with van der Waals surface area (Å²) in [6.07, 6.45) is 0. The molecule has 0 spiro atoms. The van der Waals surface area contributed by atoms with Crippen molar-refractivity contribution in [3.63, 3.8) is 0 Å². The molecule has 1 heterocycles. The first kappa shape index (κ1) is 16.6. The Hall–Kier alpha value is -3.28. The Morgan fingerprint density at radius 1 is 1.00 bits per heavy atom. The minimum absolute atomic E-state index is 0.302. The van der Waals surface area contributed by atoms with Gasteiger partial charge in [-0.15, -0.1) is 0 Å². The number of hydrogen-bond donors (Lipinski definition) is 1. The Kier molecular flexibility index (Phi) is 4.70. The standard InChI is InChI=1S/C19H17NO5/c1-23-13-7-8-14(18(10-13)24-2)17(21)11-25-19(22)16-9-12-5-3-4-6-15(12)20-16/h3-10,20H,11H2,1-2H3. The summed E-state index contributed by atoms with van der Waals surface area (Å²) in [5.74, 6) is -0.00419. The van der Waals surface area contributed by atoms with Crippen molar-refractivity contribution >= 4 is 22.7 Å². The number of benzene rings is 2. The number of rotatable bonds is 6. The molecule has 0 fully saturated rings. The first-order chi connectivity index (χ1) is 12.1. The van der Waals surface area contributed by atoms with E-state index >= 15 is 0 Å². The molecule has 0 saturated heterocycles. The van der Waals surface area contributed by atoms with E-state index in [1.165, 1.54) is 14.2 Å². The Bertz CT molecular complexity index is 895. The molecule has 0 amide bonds. The minimum atomic E-state index is -0.586. The fourth-order valence-corrected chi connectivity index (χ4v) is 2.50. The number of carbonyl (C=O) groups excluding carboxylic acids is 2. The van der Waals surface area contributed by atoms with E-state index in [9.17, 15) is 9.59 Å². The maximum atomic E-state index is 12.3. The predicted molar refractivity (Wildman–Crippen MR) is 92.5 cm³/mol. The van der Waals surface area contributed by atoms with E-state index in [2.05, 4.69) is 4.98 Å². The lowest BCUT2D eigenvalue weighted by molar-refractivity contribution is 0.0469. The van der Waals surface area contributed by atoms with Crippen molar-refractivity contribution in [1.82, 2.24) is 4.98 Å². The van der Waals surface area contributed by atoms with Crippen LogP contribution in [0, 0.1) is 0 Å². The lowest BCUT2D eigenvalue weighted by Gasteiger charge is -2.09. The number of nitrogens with one attached hydrogen (secondary N) is 1. The van der Waals surface area contributed by atoms with Gasteiger partial charge in [0.15, 0.2) is 6.61 Å². The number of hydrogen-bond acceptors (Lipinski definition) is 5. The maximum absolute atomic E-state index is 12.3. The highest BCUT2D eigenvalue weighted by molar-refractivity contribution is 6.02. The summed E-state index contributed by atoms with van der Waals surface area (Å²) >= 11 is 0. The van der Waals surface area contributed by atoms with Gasteiger partial charge in [0.25, 0.3) is 0 Å². The summed E-state index contributed by atoms with van der Waals surface area (Å²) in [6.45, 7) is -0.378. The van der Waals surface area contributed by atoms with Crippen LogP contribution in [0.1, 0.15) is 20.8 Å². The molecule has 6 heteroatoms. The number of H-pyrrole nitrogens is 1. The van der Waals surface area contributed by atoms with Gasteiger partial charge in [-0.2, -0.15) is 0 Å². The molecule has 0 aliphatic rings. The van der Waals surface area contributed by atoms with Gasteiger partial charge < -0.3 is 19.2 Å². The highest BCUT2D eigenvalue weighted by Gasteiger charge is 2.17. The number of ether oxygens (including phenoxy) is 3. The Morgan fingerprint density at radius 3 is 2.52 bits per heavy atom. The van der Waals surface area contributed by atoms with Gasteiger partial charge in [-0.05, 0) is 24.3 Å². The van der Waals surface area contributed by atoms with E-state index in [-0.39, 0.29) is 12.4 Å². The zero-order valence-corrected chi connectivity index (χ0v) is 13.9. The van der Waals surface area contributed by atoms with E-state index in [1.54, 1.807) is 24.3 Å². The molecular formula is C19H17NO5. The first-order valence-corrected chi connectivity index (χ1v) is 7.62. The van der Waals surface area contributed by atoms with Gasteiger partial charge in [-0.1, -0.05) is 18.2 Å². The number of aromatic amines is 1. The van der Waals surface area contributed by atoms with Crippen LogP contribution in [0.5, 0.6) is 11.5 Å². The molecule has 25 heavy (non-hydrogen) atoms. The third-order valence-corrected chi connectivity index (χ3v) is 3.79. The monoisotopic (exact) mass is 339 g/mol.